The van der Waals surface area contributed by atoms with Crippen LogP contribution in [0.3, 0.4) is 0 Å². The molecule has 0 saturated carbocycles. The lowest BCUT2D eigenvalue weighted by molar-refractivity contribution is -0.0504. The number of benzene rings is 1. The van der Waals surface area contributed by atoms with Gasteiger partial charge in [-0.1, -0.05) is 17.7 Å². The molecule has 0 unspecified atom stereocenters. The Balaban J connectivity index is 0.00000576. The Morgan fingerprint density at radius 2 is 1.96 bits per heavy atom. The first-order valence-electron chi connectivity index (χ1n) is 7.89. The van der Waals surface area contributed by atoms with E-state index in [9.17, 15) is 8.78 Å². The van der Waals surface area contributed by atoms with E-state index in [2.05, 4.69) is 20.4 Å². The summed E-state index contributed by atoms with van der Waals surface area (Å²) < 4.78 is 34.9. The van der Waals surface area contributed by atoms with Gasteiger partial charge >= 0.3 is 6.61 Å². The van der Waals surface area contributed by atoms with Gasteiger partial charge in [-0.3, -0.25) is 0 Å². The van der Waals surface area contributed by atoms with Crippen molar-refractivity contribution in [2.24, 2.45) is 4.99 Å². The number of aryl methyl sites for hydroxylation is 1. The topological polar surface area (TPSA) is 54.9 Å². The number of nitrogens with one attached hydrogen (secondary N) is 2. The van der Waals surface area contributed by atoms with Crippen molar-refractivity contribution in [1.82, 2.24) is 10.6 Å². The molecular formula is C17H28F2IN3O2. The lowest BCUT2D eigenvalue weighted by Crippen LogP contribution is -2.45. The van der Waals surface area contributed by atoms with Gasteiger partial charge < -0.3 is 20.1 Å². The first-order valence-corrected chi connectivity index (χ1v) is 7.89. The molecular weight excluding hydrogens is 443 g/mol. The van der Waals surface area contributed by atoms with E-state index in [1.807, 2.05) is 27.7 Å². The molecule has 25 heavy (non-hydrogen) atoms. The van der Waals surface area contributed by atoms with Crippen LogP contribution in [0.4, 0.5) is 8.78 Å². The van der Waals surface area contributed by atoms with Crippen LogP contribution in [0.2, 0.25) is 0 Å². The molecule has 0 spiro atoms. The number of guanidine groups is 1. The smallest absolute Gasteiger partial charge is 0.387 e. The van der Waals surface area contributed by atoms with Gasteiger partial charge in [0.05, 0.1) is 12.1 Å². The van der Waals surface area contributed by atoms with Crippen molar-refractivity contribution in [1.29, 1.82) is 0 Å². The third-order valence-electron chi connectivity index (χ3n) is 3.42. The Morgan fingerprint density at radius 1 is 1.28 bits per heavy atom. The number of hydrogen-bond donors (Lipinski definition) is 2. The molecule has 2 N–H and O–H groups in total. The van der Waals surface area contributed by atoms with Crippen LogP contribution in [0.5, 0.6) is 5.75 Å². The molecule has 0 aromatic heterocycles. The molecule has 0 heterocycles. The normalized spacial score (nSPS) is 11.9. The van der Waals surface area contributed by atoms with Crippen molar-refractivity contribution in [2.75, 3.05) is 20.2 Å². The van der Waals surface area contributed by atoms with Crippen LogP contribution in [0.25, 0.3) is 0 Å². The third kappa shape index (κ3) is 9.20. The quantitative estimate of drug-likeness (QED) is 0.345. The summed E-state index contributed by atoms with van der Waals surface area (Å²) in [6.07, 6.45) is 0. The lowest BCUT2D eigenvalue weighted by Gasteiger charge is -2.24. The molecule has 0 fully saturated rings. The van der Waals surface area contributed by atoms with Gasteiger partial charge in [0.1, 0.15) is 5.75 Å². The average molecular weight is 471 g/mol. The second kappa shape index (κ2) is 11.5. The van der Waals surface area contributed by atoms with Crippen LogP contribution in [-0.4, -0.2) is 38.4 Å². The fraction of sp³-hybridized carbons (Fsp3) is 0.588. The van der Waals surface area contributed by atoms with E-state index < -0.39 is 6.61 Å². The Hall–Kier alpha value is -1.16. The van der Waals surface area contributed by atoms with E-state index in [4.69, 9.17) is 4.74 Å². The van der Waals surface area contributed by atoms with E-state index in [-0.39, 0.29) is 41.9 Å². The SMILES string of the molecule is CCNC(=NCc1cc(C)ccc1OC(F)F)NCC(C)(C)OC.I. The van der Waals surface area contributed by atoms with Gasteiger partial charge in [0.25, 0.3) is 0 Å². The van der Waals surface area contributed by atoms with Crippen molar-refractivity contribution in [2.45, 2.75) is 46.5 Å². The highest BCUT2D eigenvalue weighted by atomic mass is 127. The number of methoxy groups -OCH3 is 1. The minimum atomic E-state index is -2.86. The predicted octanol–water partition coefficient (Wildman–Crippen LogP) is 3.69. The van der Waals surface area contributed by atoms with Crippen LogP contribution in [0.1, 0.15) is 31.9 Å². The van der Waals surface area contributed by atoms with Crippen molar-refractivity contribution >= 4 is 29.9 Å². The summed E-state index contributed by atoms with van der Waals surface area (Å²) in [6, 6.07) is 5.07. The number of hydrogen-bond acceptors (Lipinski definition) is 3. The van der Waals surface area contributed by atoms with Gasteiger partial charge in [0.2, 0.25) is 0 Å². The van der Waals surface area contributed by atoms with Crippen molar-refractivity contribution < 1.29 is 18.3 Å². The van der Waals surface area contributed by atoms with Crippen LogP contribution >= 0.6 is 24.0 Å². The standard InChI is InChI=1S/C17H27F2N3O2.HI/c1-6-20-16(22-11-17(3,4)23-5)21-10-13-9-12(2)7-8-14(13)24-15(18)19;/h7-9,15H,6,10-11H2,1-5H3,(H2,20,21,22);1H. The molecule has 0 bridgehead atoms. The molecule has 5 nitrogen and oxygen atoms in total. The zero-order chi connectivity index (χ0) is 18.2. The fourth-order valence-electron chi connectivity index (χ4n) is 1.92. The average Bonchev–Trinajstić information content (AvgIpc) is 2.52. The van der Waals surface area contributed by atoms with Crippen LogP contribution in [-0.2, 0) is 11.3 Å². The maximum Gasteiger partial charge on any atom is 0.387 e. The molecule has 0 aliphatic carbocycles. The highest BCUT2D eigenvalue weighted by Crippen LogP contribution is 2.22. The molecule has 0 aliphatic rings. The minimum absolute atomic E-state index is 0. The number of aliphatic imine (C=N–C) groups is 1. The minimum Gasteiger partial charge on any atom is -0.434 e. The predicted molar refractivity (Wildman–Crippen MR) is 107 cm³/mol. The molecule has 1 aromatic carbocycles. The summed E-state index contributed by atoms with van der Waals surface area (Å²) in [7, 11) is 1.65. The molecule has 0 aliphatic heterocycles. The molecule has 0 atom stereocenters. The maximum absolute atomic E-state index is 12.5. The van der Waals surface area contributed by atoms with E-state index >= 15 is 0 Å². The summed E-state index contributed by atoms with van der Waals surface area (Å²) in [5.74, 6) is 0.736. The number of halogens is 3. The molecule has 1 rings (SSSR count). The van der Waals surface area contributed by atoms with Crippen molar-refractivity contribution in [3.63, 3.8) is 0 Å². The molecule has 0 radical (unpaired) electrons. The highest BCUT2D eigenvalue weighted by Gasteiger charge is 2.16. The summed E-state index contributed by atoms with van der Waals surface area (Å²) >= 11 is 0. The Bertz CT molecular complexity index is 555. The summed E-state index contributed by atoms with van der Waals surface area (Å²) in [6.45, 7) is 6.38. The number of nitrogens with zero attached hydrogens (tertiary/aromatic N) is 1. The van der Waals surface area contributed by atoms with E-state index in [1.54, 1.807) is 25.3 Å². The number of alkyl halides is 2. The zero-order valence-corrected chi connectivity index (χ0v) is 17.7. The molecule has 0 amide bonds. The number of rotatable bonds is 8. The number of ether oxygens (including phenoxy) is 2. The van der Waals surface area contributed by atoms with Gasteiger partial charge in [0.15, 0.2) is 5.96 Å². The zero-order valence-electron chi connectivity index (χ0n) is 15.4. The lowest BCUT2D eigenvalue weighted by atomic mass is 10.1. The van der Waals surface area contributed by atoms with Gasteiger partial charge in [-0.15, -0.1) is 24.0 Å². The van der Waals surface area contributed by atoms with Crippen LogP contribution in [0.15, 0.2) is 23.2 Å². The van der Waals surface area contributed by atoms with Gasteiger partial charge in [-0.05, 0) is 33.8 Å². The van der Waals surface area contributed by atoms with Gasteiger partial charge in [-0.25, -0.2) is 4.99 Å². The van der Waals surface area contributed by atoms with Crippen molar-refractivity contribution in [3.05, 3.63) is 29.3 Å². The fourth-order valence-corrected chi connectivity index (χ4v) is 1.92. The van der Waals surface area contributed by atoms with E-state index in [1.165, 1.54) is 0 Å². The monoisotopic (exact) mass is 471 g/mol. The molecule has 144 valence electrons. The summed E-state index contributed by atoms with van der Waals surface area (Å²) in [4.78, 5) is 4.44. The Labute approximate surface area is 165 Å². The van der Waals surface area contributed by atoms with Crippen LogP contribution < -0.4 is 15.4 Å². The van der Waals surface area contributed by atoms with Crippen LogP contribution in [0, 0.1) is 6.92 Å². The van der Waals surface area contributed by atoms with Crippen molar-refractivity contribution in [3.8, 4) is 5.75 Å². The second-order valence-corrected chi connectivity index (χ2v) is 6.00. The first-order chi connectivity index (χ1) is 11.3. The van der Waals surface area contributed by atoms with E-state index in [0.717, 1.165) is 5.56 Å². The Kier molecular flexibility index (Phi) is 10.9. The maximum atomic E-state index is 12.5. The van der Waals surface area contributed by atoms with Gasteiger partial charge in [-0.2, -0.15) is 8.78 Å². The summed E-state index contributed by atoms with van der Waals surface area (Å²) in [5.41, 5.74) is 1.22. The third-order valence-corrected chi connectivity index (χ3v) is 3.42. The largest absolute Gasteiger partial charge is 0.434 e. The summed E-state index contributed by atoms with van der Waals surface area (Å²) in [5, 5.41) is 6.30. The second-order valence-electron chi connectivity index (χ2n) is 6.00. The first kappa shape index (κ1) is 23.8. The Morgan fingerprint density at radius 3 is 2.52 bits per heavy atom. The molecule has 8 heteroatoms. The molecule has 1 aromatic rings. The molecule has 0 saturated heterocycles. The van der Waals surface area contributed by atoms with Gasteiger partial charge in [0, 0.05) is 25.8 Å². The highest BCUT2D eigenvalue weighted by molar-refractivity contribution is 14.0. The van der Waals surface area contributed by atoms with E-state index in [0.29, 0.717) is 24.6 Å².